The summed E-state index contributed by atoms with van der Waals surface area (Å²) in [5, 5.41) is 2.15. The lowest BCUT2D eigenvalue weighted by atomic mass is 10.0. The average Bonchev–Trinajstić information content (AvgIpc) is 2.81. The Morgan fingerprint density at radius 2 is 2.04 bits per heavy atom. The summed E-state index contributed by atoms with van der Waals surface area (Å²) >= 11 is 0. The predicted molar refractivity (Wildman–Crippen MR) is 82.1 cm³/mol. The van der Waals surface area contributed by atoms with Crippen molar-refractivity contribution in [3.8, 4) is 18.1 Å². The fourth-order valence-electron chi connectivity index (χ4n) is 2.82. The van der Waals surface area contributed by atoms with Crippen LogP contribution < -0.4 is 10.1 Å². The number of carbonyl (C=O) groups excluding carboxylic acids is 4. The second-order valence-electron chi connectivity index (χ2n) is 5.43. The zero-order chi connectivity index (χ0) is 17.3. The molecule has 7 heteroatoms. The Morgan fingerprint density at radius 1 is 1.25 bits per heavy atom. The quantitative estimate of drug-likeness (QED) is 0.494. The lowest BCUT2D eigenvalue weighted by Crippen LogP contribution is -2.54. The summed E-state index contributed by atoms with van der Waals surface area (Å²) in [5.74, 6) is 0.471. The van der Waals surface area contributed by atoms with E-state index in [2.05, 4.69) is 11.2 Å². The average molecular weight is 326 g/mol. The summed E-state index contributed by atoms with van der Waals surface area (Å²) in [6, 6.07) is 3.70. The molecule has 0 aliphatic carbocycles. The first kappa shape index (κ1) is 15.7. The summed E-state index contributed by atoms with van der Waals surface area (Å²) < 4.78 is 5.49. The van der Waals surface area contributed by atoms with Gasteiger partial charge in [-0.15, -0.1) is 12.3 Å². The van der Waals surface area contributed by atoms with Crippen molar-refractivity contribution in [2.45, 2.75) is 25.3 Å². The molecule has 1 N–H and O–H groups in total. The minimum Gasteiger partial charge on any atom is -0.492 e. The van der Waals surface area contributed by atoms with E-state index in [-0.39, 0.29) is 36.3 Å². The minimum absolute atomic E-state index is 0.0787. The van der Waals surface area contributed by atoms with Crippen LogP contribution >= 0.6 is 0 Å². The molecule has 24 heavy (non-hydrogen) atoms. The molecule has 122 valence electrons. The number of hydrogen-bond donors (Lipinski definition) is 1. The van der Waals surface area contributed by atoms with Gasteiger partial charge in [-0.05, 0) is 18.6 Å². The standard InChI is InChI=1S/C17H14N2O5/c1-2-3-9-24-12-6-4-5-10-14(12)17(23)19(16(10)22)11-7-8-13(20)18-15(11)21/h1,4-6,11H,3,7-9H2,(H,18,20,21). The zero-order valence-electron chi connectivity index (χ0n) is 12.7. The predicted octanol–water partition coefficient (Wildman–Crippen LogP) is 0.490. The number of hydrogen-bond acceptors (Lipinski definition) is 5. The second kappa shape index (κ2) is 6.16. The molecule has 3 rings (SSSR count). The maximum absolute atomic E-state index is 12.7. The van der Waals surface area contributed by atoms with Crippen LogP contribution in [0.2, 0.25) is 0 Å². The van der Waals surface area contributed by atoms with Gasteiger partial charge in [0.15, 0.2) is 0 Å². The van der Waals surface area contributed by atoms with E-state index in [0.29, 0.717) is 6.42 Å². The Hall–Kier alpha value is -3.14. The first-order valence-electron chi connectivity index (χ1n) is 7.45. The number of imide groups is 2. The fraction of sp³-hybridized carbons (Fsp3) is 0.294. The Morgan fingerprint density at radius 3 is 2.75 bits per heavy atom. The van der Waals surface area contributed by atoms with Crippen molar-refractivity contribution in [1.82, 2.24) is 10.2 Å². The van der Waals surface area contributed by atoms with Gasteiger partial charge in [0.05, 0.1) is 17.7 Å². The van der Waals surface area contributed by atoms with Crippen LogP contribution in [0.4, 0.5) is 0 Å². The highest BCUT2D eigenvalue weighted by Crippen LogP contribution is 2.33. The summed E-state index contributed by atoms with van der Waals surface area (Å²) in [4.78, 5) is 49.4. The van der Waals surface area contributed by atoms with Crippen LogP contribution in [-0.4, -0.2) is 41.2 Å². The molecule has 0 bridgehead atoms. The molecule has 1 saturated heterocycles. The maximum Gasteiger partial charge on any atom is 0.266 e. The Bertz CT molecular complexity index is 793. The first-order valence-corrected chi connectivity index (χ1v) is 7.45. The molecule has 0 saturated carbocycles. The van der Waals surface area contributed by atoms with Crippen LogP contribution in [0.1, 0.15) is 40.0 Å². The topological polar surface area (TPSA) is 92.8 Å². The van der Waals surface area contributed by atoms with Gasteiger partial charge in [0.25, 0.3) is 11.8 Å². The van der Waals surface area contributed by atoms with Crippen LogP contribution in [0.15, 0.2) is 18.2 Å². The molecule has 0 aromatic heterocycles. The molecule has 0 radical (unpaired) electrons. The normalized spacial score (nSPS) is 19.8. The highest BCUT2D eigenvalue weighted by Gasteiger charge is 2.45. The van der Waals surface area contributed by atoms with Crippen LogP contribution in [0.25, 0.3) is 0 Å². The molecule has 2 heterocycles. The van der Waals surface area contributed by atoms with Crippen molar-refractivity contribution in [3.63, 3.8) is 0 Å². The van der Waals surface area contributed by atoms with Gasteiger partial charge in [-0.1, -0.05) is 6.07 Å². The summed E-state index contributed by atoms with van der Waals surface area (Å²) in [6.07, 6.45) is 5.73. The molecule has 0 spiro atoms. The second-order valence-corrected chi connectivity index (χ2v) is 5.43. The van der Waals surface area contributed by atoms with Crippen molar-refractivity contribution >= 4 is 23.6 Å². The third-order valence-electron chi connectivity index (χ3n) is 3.93. The molecule has 1 fully saturated rings. The highest BCUT2D eigenvalue weighted by atomic mass is 16.5. The third-order valence-corrected chi connectivity index (χ3v) is 3.93. The monoisotopic (exact) mass is 326 g/mol. The van der Waals surface area contributed by atoms with Gasteiger partial charge in [-0.2, -0.15) is 0 Å². The van der Waals surface area contributed by atoms with Gasteiger partial charge in [0.1, 0.15) is 11.8 Å². The molecule has 4 amide bonds. The number of benzene rings is 1. The zero-order valence-corrected chi connectivity index (χ0v) is 12.7. The van der Waals surface area contributed by atoms with Gasteiger partial charge in [-0.25, -0.2) is 0 Å². The Balaban J connectivity index is 1.91. The van der Waals surface area contributed by atoms with E-state index in [0.717, 1.165) is 4.90 Å². The van der Waals surface area contributed by atoms with Crippen molar-refractivity contribution in [2.75, 3.05) is 6.61 Å². The fourth-order valence-corrected chi connectivity index (χ4v) is 2.82. The lowest BCUT2D eigenvalue weighted by molar-refractivity contribution is -0.136. The largest absolute Gasteiger partial charge is 0.492 e. The number of fused-ring (bicyclic) bond motifs is 1. The molecule has 1 unspecified atom stereocenters. The molecule has 2 aliphatic rings. The van der Waals surface area contributed by atoms with Crippen LogP contribution in [-0.2, 0) is 9.59 Å². The third kappa shape index (κ3) is 2.52. The highest BCUT2D eigenvalue weighted by molar-refractivity contribution is 6.24. The van der Waals surface area contributed by atoms with E-state index in [1.165, 1.54) is 6.07 Å². The van der Waals surface area contributed by atoms with E-state index in [1.54, 1.807) is 12.1 Å². The number of rotatable bonds is 4. The van der Waals surface area contributed by atoms with E-state index in [9.17, 15) is 19.2 Å². The lowest BCUT2D eigenvalue weighted by Gasteiger charge is -2.27. The van der Waals surface area contributed by atoms with Crippen LogP contribution in [0.5, 0.6) is 5.75 Å². The number of nitrogens with one attached hydrogen (secondary N) is 1. The number of piperidine rings is 1. The van der Waals surface area contributed by atoms with Crippen molar-refractivity contribution in [1.29, 1.82) is 0 Å². The Labute approximate surface area is 138 Å². The van der Waals surface area contributed by atoms with E-state index >= 15 is 0 Å². The molecule has 1 aromatic carbocycles. The first-order chi connectivity index (χ1) is 11.5. The van der Waals surface area contributed by atoms with Gasteiger partial charge >= 0.3 is 0 Å². The van der Waals surface area contributed by atoms with Gasteiger partial charge in [-0.3, -0.25) is 29.4 Å². The van der Waals surface area contributed by atoms with E-state index < -0.39 is 29.7 Å². The molecule has 7 nitrogen and oxygen atoms in total. The van der Waals surface area contributed by atoms with E-state index in [4.69, 9.17) is 11.2 Å². The number of carbonyl (C=O) groups is 4. The molecule has 1 aromatic rings. The van der Waals surface area contributed by atoms with Gasteiger partial charge in [0.2, 0.25) is 11.8 Å². The summed E-state index contributed by atoms with van der Waals surface area (Å²) in [5.41, 5.74) is 0.312. The van der Waals surface area contributed by atoms with Crippen molar-refractivity contribution < 1.29 is 23.9 Å². The van der Waals surface area contributed by atoms with Crippen LogP contribution in [0.3, 0.4) is 0 Å². The maximum atomic E-state index is 12.7. The van der Waals surface area contributed by atoms with E-state index in [1.807, 2.05) is 0 Å². The minimum atomic E-state index is -0.992. The van der Waals surface area contributed by atoms with Crippen molar-refractivity contribution in [3.05, 3.63) is 29.3 Å². The SMILES string of the molecule is C#CCCOc1cccc2c1C(=O)N(C1CCC(=O)NC1=O)C2=O. The molecular formula is C17H14N2O5. The molecular weight excluding hydrogens is 312 g/mol. The number of terminal acetylenes is 1. The Kier molecular flexibility index (Phi) is 4.04. The van der Waals surface area contributed by atoms with Gasteiger partial charge in [0, 0.05) is 12.8 Å². The molecule has 2 aliphatic heterocycles. The summed E-state index contributed by atoms with van der Waals surface area (Å²) in [7, 11) is 0. The molecule has 1 atom stereocenters. The smallest absolute Gasteiger partial charge is 0.266 e. The van der Waals surface area contributed by atoms with Crippen LogP contribution in [0, 0.1) is 12.3 Å². The number of ether oxygens (including phenoxy) is 1. The van der Waals surface area contributed by atoms with Crippen molar-refractivity contribution in [2.24, 2.45) is 0 Å². The summed E-state index contributed by atoms with van der Waals surface area (Å²) in [6.45, 7) is 0.215. The number of nitrogens with zero attached hydrogens (tertiary/aromatic N) is 1. The number of amides is 4. The van der Waals surface area contributed by atoms with Gasteiger partial charge < -0.3 is 4.74 Å².